The minimum atomic E-state index is -0.612. The number of amides is 3. The molecule has 256 valence electrons. The first-order valence-electron chi connectivity index (χ1n) is 16.2. The van der Waals surface area contributed by atoms with Gasteiger partial charge in [0.2, 0.25) is 17.7 Å². The van der Waals surface area contributed by atoms with Gasteiger partial charge >= 0.3 is 0 Å². The zero-order valence-corrected chi connectivity index (χ0v) is 28.1. The molecule has 1 heterocycles. The second kappa shape index (κ2) is 17.8. The molecule has 1 saturated heterocycles. The molecule has 4 aromatic carbocycles. The molecule has 0 aromatic heterocycles. The van der Waals surface area contributed by atoms with Crippen LogP contribution in [0.15, 0.2) is 102 Å². The Labute approximate surface area is 290 Å². The molecule has 0 radical (unpaired) electrons. The fourth-order valence-corrected chi connectivity index (χ4v) is 6.45. The summed E-state index contributed by atoms with van der Waals surface area (Å²) < 4.78 is 13.2. The van der Waals surface area contributed by atoms with Crippen LogP contribution in [0.1, 0.15) is 67.3 Å². The zero-order valence-electron chi connectivity index (χ0n) is 27.3. The third-order valence-electron chi connectivity index (χ3n) is 8.07. The van der Waals surface area contributed by atoms with E-state index in [0.717, 1.165) is 44.0 Å². The predicted molar refractivity (Wildman–Crippen MR) is 187 cm³/mol. The number of ether oxygens (including phenoxy) is 2. The molecule has 0 saturated carbocycles. The summed E-state index contributed by atoms with van der Waals surface area (Å²) in [5, 5.41) is 23.8. The third kappa shape index (κ3) is 10.7. The van der Waals surface area contributed by atoms with Crippen LogP contribution in [-0.2, 0) is 37.0 Å². The minimum absolute atomic E-state index is 0.0244. The van der Waals surface area contributed by atoms with Crippen LogP contribution >= 0.6 is 11.8 Å². The topological polar surface area (TPSA) is 146 Å². The van der Waals surface area contributed by atoms with Gasteiger partial charge < -0.3 is 25.2 Å². The SMILES string of the molecule is CC(=O)Nc1ccc(SCC2CC(c3ccc(CO)cc3)OC(c3cccc(-c4cccc(CNC(=O)CCCC(=O)NO)c4)c3)O2)cc1. The maximum atomic E-state index is 12.3. The van der Waals surface area contributed by atoms with Gasteiger partial charge in [0.25, 0.3) is 0 Å². The average Bonchev–Trinajstić information content (AvgIpc) is 3.13. The van der Waals surface area contributed by atoms with Gasteiger partial charge in [-0.2, -0.15) is 0 Å². The van der Waals surface area contributed by atoms with Crippen LogP contribution in [0.5, 0.6) is 0 Å². The van der Waals surface area contributed by atoms with E-state index >= 15 is 0 Å². The van der Waals surface area contributed by atoms with Crippen molar-refractivity contribution in [3.63, 3.8) is 0 Å². The number of hydroxylamine groups is 1. The van der Waals surface area contributed by atoms with Gasteiger partial charge in [0.15, 0.2) is 6.29 Å². The zero-order chi connectivity index (χ0) is 34.6. The van der Waals surface area contributed by atoms with Crippen LogP contribution in [0.25, 0.3) is 11.1 Å². The quantitative estimate of drug-likeness (QED) is 0.0581. The van der Waals surface area contributed by atoms with Gasteiger partial charge in [0, 0.05) is 54.6 Å². The summed E-state index contributed by atoms with van der Waals surface area (Å²) in [7, 11) is 0. The molecule has 4 aromatic rings. The average molecular weight is 684 g/mol. The van der Waals surface area contributed by atoms with Crippen molar-refractivity contribution in [3.05, 3.63) is 119 Å². The van der Waals surface area contributed by atoms with Crippen molar-refractivity contribution >= 4 is 35.2 Å². The molecule has 5 N–H and O–H groups in total. The highest BCUT2D eigenvalue weighted by Crippen LogP contribution is 2.40. The summed E-state index contributed by atoms with van der Waals surface area (Å²) in [4.78, 5) is 35.9. The van der Waals surface area contributed by atoms with E-state index in [-0.39, 0.29) is 43.5 Å². The molecule has 3 amide bonds. The van der Waals surface area contributed by atoms with E-state index in [2.05, 4.69) is 16.7 Å². The molecule has 1 aliphatic rings. The number of carbonyl (C=O) groups is 3. The van der Waals surface area contributed by atoms with Gasteiger partial charge in [0.05, 0.1) is 18.8 Å². The second-order valence-electron chi connectivity index (χ2n) is 11.9. The molecule has 3 atom stereocenters. The van der Waals surface area contributed by atoms with Crippen molar-refractivity contribution in [2.45, 2.75) is 69.2 Å². The second-order valence-corrected chi connectivity index (χ2v) is 13.0. The van der Waals surface area contributed by atoms with Crippen LogP contribution in [0.2, 0.25) is 0 Å². The Kier molecular flexibility index (Phi) is 13.0. The van der Waals surface area contributed by atoms with Crippen molar-refractivity contribution in [2.24, 2.45) is 0 Å². The van der Waals surface area contributed by atoms with Crippen LogP contribution < -0.4 is 16.1 Å². The van der Waals surface area contributed by atoms with Gasteiger partial charge in [-0.3, -0.25) is 19.6 Å². The van der Waals surface area contributed by atoms with Gasteiger partial charge in [-0.05, 0) is 70.6 Å². The van der Waals surface area contributed by atoms with E-state index in [9.17, 15) is 19.5 Å². The molecule has 0 bridgehead atoms. The summed E-state index contributed by atoms with van der Waals surface area (Å²) in [5.74, 6) is -0.0896. The van der Waals surface area contributed by atoms with Gasteiger partial charge in [0.1, 0.15) is 0 Å². The van der Waals surface area contributed by atoms with Gasteiger partial charge in [-0.25, -0.2) is 5.48 Å². The van der Waals surface area contributed by atoms with Crippen molar-refractivity contribution in [2.75, 3.05) is 11.1 Å². The Morgan fingerprint density at radius 3 is 2.24 bits per heavy atom. The highest BCUT2D eigenvalue weighted by molar-refractivity contribution is 7.99. The van der Waals surface area contributed by atoms with E-state index in [1.807, 2.05) is 91.0 Å². The monoisotopic (exact) mass is 683 g/mol. The standard InChI is InChI=1S/C38H41N3O7S/c1-25(43)40-32-15-17-34(18-16-32)49-24-33-21-35(28-13-11-26(23-42)12-14-28)48-38(47-33)31-8-3-7-30(20-31)29-6-2-5-27(19-29)22-39-36(44)9-4-10-37(45)41-46/h2-3,5-8,11-20,33,35,38,42,46H,4,9-10,21-24H2,1H3,(H,39,44)(H,40,43)(H,41,45). The number of carbonyl (C=O) groups excluding carboxylic acids is 3. The number of nitrogens with one attached hydrogen (secondary N) is 3. The number of benzene rings is 4. The highest BCUT2D eigenvalue weighted by atomic mass is 32.2. The van der Waals surface area contributed by atoms with Gasteiger partial charge in [-0.15, -0.1) is 11.8 Å². The number of hydrogen-bond acceptors (Lipinski definition) is 8. The Morgan fingerprint density at radius 1 is 0.816 bits per heavy atom. The molecule has 1 aliphatic heterocycles. The fraction of sp³-hybridized carbons (Fsp3) is 0.289. The van der Waals surface area contributed by atoms with Gasteiger partial charge in [-0.1, -0.05) is 60.7 Å². The molecule has 3 unspecified atom stereocenters. The summed E-state index contributed by atoms with van der Waals surface area (Å²) >= 11 is 1.69. The molecular weight excluding hydrogens is 642 g/mol. The lowest BCUT2D eigenvalue weighted by Gasteiger charge is -2.36. The Balaban J connectivity index is 1.28. The lowest BCUT2D eigenvalue weighted by molar-refractivity contribution is -0.245. The molecule has 0 spiro atoms. The number of aliphatic hydroxyl groups is 1. The maximum Gasteiger partial charge on any atom is 0.243 e. The molecule has 5 rings (SSSR count). The van der Waals surface area contributed by atoms with E-state index in [1.54, 1.807) is 17.2 Å². The first-order valence-corrected chi connectivity index (χ1v) is 17.2. The molecular formula is C38H41N3O7S. The first kappa shape index (κ1) is 35.8. The fourth-order valence-electron chi connectivity index (χ4n) is 5.53. The predicted octanol–water partition coefficient (Wildman–Crippen LogP) is 6.43. The highest BCUT2D eigenvalue weighted by Gasteiger charge is 2.32. The normalized spacial score (nSPS) is 17.2. The summed E-state index contributed by atoms with van der Waals surface area (Å²) in [6.45, 7) is 1.81. The number of anilines is 1. The lowest BCUT2D eigenvalue weighted by atomic mass is 9.99. The summed E-state index contributed by atoms with van der Waals surface area (Å²) in [6, 6.07) is 31.6. The van der Waals surface area contributed by atoms with Crippen molar-refractivity contribution in [1.29, 1.82) is 0 Å². The Hall–Kier alpha value is -4.52. The largest absolute Gasteiger partial charge is 0.392 e. The van der Waals surface area contributed by atoms with Crippen LogP contribution in [0.3, 0.4) is 0 Å². The number of aliphatic hydroxyl groups excluding tert-OH is 1. The molecule has 49 heavy (non-hydrogen) atoms. The Morgan fingerprint density at radius 2 is 1.53 bits per heavy atom. The smallest absolute Gasteiger partial charge is 0.243 e. The van der Waals surface area contributed by atoms with Crippen molar-refractivity contribution < 1.29 is 34.2 Å². The maximum absolute atomic E-state index is 12.3. The minimum Gasteiger partial charge on any atom is -0.392 e. The first-order chi connectivity index (χ1) is 23.8. The van der Waals surface area contributed by atoms with E-state index in [4.69, 9.17) is 14.7 Å². The van der Waals surface area contributed by atoms with Crippen molar-refractivity contribution in [3.8, 4) is 11.1 Å². The van der Waals surface area contributed by atoms with E-state index in [0.29, 0.717) is 25.1 Å². The van der Waals surface area contributed by atoms with Crippen molar-refractivity contribution in [1.82, 2.24) is 10.8 Å². The van der Waals surface area contributed by atoms with Crippen LogP contribution in [-0.4, -0.2) is 39.9 Å². The van der Waals surface area contributed by atoms with Crippen LogP contribution in [0.4, 0.5) is 5.69 Å². The molecule has 10 nitrogen and oxygen atoms in total. The third-order valence-corrected chi connectivity index (χ3v) is 9.21. The Bertz CT molecular complexity index is 1720. The molecule has 1 fully saturated rings. The summed E-state index contributed by atoms with van der Waals surface area (Å²) in [5.41, 5.74) is 7.96. The number of rotatable bonds is 14. The van der Waals surface area contributed by atoms with Crippen LogP contribution in [0, 0.1) is 0 Å². The molecule has 0 aliphatic carbocycles. The number of hydrogen-bond donors (Lipinski definition) is 5. The van der Waals surface area contributed by atoms with E-state index in [1.165, 1.54) is 6.92 Å². The number of thioether (sulfide) groups is 1. The molecule has 11 heteroatoms. The summed E-state index contributed by atoms with van der Waals surface area (Å²) in [6.07, 6.45) is 0.330. The van der Waals surface area contributed by atoms with E-state index < -0.39 is 12.2 Å². The lowest BCUT2D eigenvalue weighted by Crippen LogP contribution is -2.31.